The number of hydrogen-bond acceptors (Lipinski definition) is 7. The van der Waals surface area contributed by atoms with Crippen LogP contribution in [0.5, 0.6) is 0 Å². The predicted octanol–water partition coefficient (Wildman–Crippen LogP) is 3.77. The average molecular weight is 612 g/mol. The number of carboxylic acid groups (broad SMARTS) is 1. The molecule has 44 heavy (non-hydrogen) atoms. The first-order chi connectivity index (χ1) is 20.9. The van der Waals surface area contributed by atoms with Crippen molar-refractivity contribution >= 4 is 29.5 Å². The largest absolute Gasteiger partial charge is 0.480 e. The molecule has 3 amide bonds. The number of amides is 3. The van der Waals surface area contributed by atoms with Crippen molar-refractivity contribution in [2.24, 2.45) is 29.1 Å². The van der Waals surface area contributed by atoms with Gasteiger partial charge in [0.2, 0.25) is 17.7 Å². The molecule has 0 radical (unpaired) electrons. The molecule has 4 rings (SSSR count). The normalized spacial score (nSPS) is 24.2. The van der Waals surface area contributed by atoms with Crippen molar-refractivity contribution in [2.75, 3.05) is 6.54 Å². The molecule has 3 fully saturated rings. The lowest BCUT2D eigenvalue weighted by atomic mass is 9.76. The highest BCUT2D eigenvalue weighted by molar-refractivity contribution is 5.98. The van der Waals surface area contributed by atoms with Gasteiger partial charge in [0.15, 0.2) is 5.78 Å². The fraction of sp³-hybridized carbons (Fsp3) is 0.727. The minimum absolute atomic E-state index is 0.0104. The lowest BCUT2D eigenvalue weighted by Gasteiger charge is -2.38. The monoisotopic (exact) mass is 611 g/mol. The van der Waals surface area contributed by atoms with Gasteiger partial charge in [0.25, 0.3) is 0 Å². The Morgan fingerprint density at radius 3 is 2.34 bits per heavy atom. The Morgan fingerprint density at radius 1 is 1.00 bits per heavy atom. The van der Waals surface area contributed by atoms with E-state index in [9.17, 15) is 29.1 Å². The molecular formula is C33H49N5O6. The van der Waals surface area contributed by atoms with Crippen molar-refractivity contribution in [1.82, 2.24) is 25.5 Å². The van der Waals surface area contributed by atoms with Crippen LogP contribution in [-0.2, 0) is 19.2 Å². The van der Waals surface area contributed by atoms with Crippen LogP contribution in [0.4, 0.5) is 0 Å². The minimum atomic E-state index is -1.09. The number of rotatable bonds is 12. The molecule has 1 aromatic rings. The molecule has 3 N–H and O–H groups in total. The second-order valence-electron chi connectivity index (χ2n) is 14.0. The van der Waals surface area contributed by atoms with E-state index in [1.807, 2.05) is 27.7 Å². The Kier molecular flexibility index (Phi) is 11.1. The van der Waals surface area contributed by atoms with E-state index in [1.165, 1.54) is 18.6 Å². The zero-order chi connectivity index (χ0) is 32.0. The fourth-order valence-electron chi connectivity index (χ4n) is 7.49. The van der Waals surface area contributed by atoms with Crippen LogP contribution in [0.25, 0.3) is 0 Å². The van der Waals surface area contributed by atoms with Gasteiger partial charge in [-0.25, -0.2) is 9.78 Å². The van der Waals surface area contributed by atoms with E-state index in [2.05, 4.69) is 20.6 Å². The van der Waals surface area contributed by atoms with Gasteiger partial charge >= 0.3 is 5.97 Å². The van der Waals surface area contributed by atoms with Crippen molar-refractivity contribution < 1.29 is 29.1 Å². The number of nitrogens with zero attached hydrogens (tertiary/aromatic N) is 3. The summed E-state index contributed by atoms with van der Waals surface area (Å²) in [4.78, 5) is 76.9. The molecule has 0 spiro atoms. The van der Waals surface area contributed by atoms with Gasteiger partial charge in [0.05, 0.1) is 6.20 Å². The number of aromatic nitrogens is 2. The maximum Gasteiger partial charge on any atom is 0.326 e. The van der Waals surface area contributed by atoms with Gasteiger partial charge in [-0.2, -0.15) is 0 Å². The number of carbonyl (C=O) groups is 5. The van der Waals surface area contributed by atoms with Crippen LogP contribution in [-0.4, -0.2) is 74.1 Å². The molecule has 1 saturated heterocycles. The van der Waals surface area contributed by atoms with Gasteiger partial charge < -0.3 is 20.6 Å². The van der Waals surface area contributed by atoms with Crippen molar-refractivity contribution in [3.63, 3.8) is 0 Å². The van der Waals surface area contributed by atoms with E-state index in [1.54, 1.807) is 4.90 Å². The first kappa shape index (κ1) is 33.5. The number of nitrogens with one attached hydrogen (secondary N) is 2. The van der Waals surface area contributed by atoms with Crippen molar-refractivity contribution in [2.45, 2.75) is 116 Å². The molecule has 6 atom stereocenters. The lowest BCUT2D eigenvalue weighted by molar-refractivity contribution is -0.147. The standard InChI is InChI=1S/C33H49N5O6/c1-5-10-24(32(43)44)36-30(41)27-22-14-9-13-21(22)19-38(27)31(42)28(33(2,3)4)37-29(40)23(20-11-7-6-8-12-20)17-26(39)25-18-34-15-16-35-25/h15-16,18,20-24,27-28H,5-14,17,19H2,1-4H3,(H,36,41)(H,37,40)(H,43,44)/t21-,22-,23-,24-,27-,28+/m0/s1. The van der Waals surface area contributed by atoms with Crippen LogP contribution in [0.15, 0.2) is 18.6 Å². The molecule has 2 saturated carbocycles. The number of carbonyl (C=O) groups excluding carboxylic acids is 4. The average Bonchev–Trinajstić information content (AvgIpc) is 3.60. The third-order valence-corrected chi connectivity index (χ3v) is 9.84. The van der Waals surface area contributed by atoms with E-state index in [-0.39, 0.29) is 47.5 Å². The van der Waals surface area contributed by atoms with Crippen molar-refractivity contribution in [3.8, 4) is 0 Å². The summed E-state index contributed by atoms with van der Waals surface area (Å²) in [5.41, 5.74) is -0.478. The summed E-state index contributed by atoms with van der Waals surface area (Å²) in [7, 11) is 0. The second-order valence-corrected chi connectivity index (χ2v) is 14.0. The molecule has 0 aromatic carbocycles. The quantitative estimate of drug-likeness (QED) is 0.301. The lowest BCUT2D eigenvalue weighted by Crippen LogP contribution is -2.60. The number of ketones is 1. The maximum atomic E-state index is 14.4. The van der Waals surface area contributed by atoms with Gasteiger partial charge in [0.1, 0.15) is 23.8 Å². The Balaban J connectivity index is 1.58. The molecule has 3 aliphatic rings. The van der Waals surface area contributed by atoms with E-state index < -0.39 is 41.3 Å². The molecule has 242 valence electrons. The van der Waals surface area contributed by atoms with Crippen LogP contribution in [0.3, 0.4) is 0 Å². The molecule has 2 heterocycles. The van der Waals surface area contributed by atoms with Gasteiger partial charge in [0, 0.05) is 31.3 Å². The first-order valence-electron chi connectivity index (χ1n) is 16.4. The van der Waals surface area contributed by atoms with Crippen LogP contribution in [0.2, 0.25) is 0 Å². The van der Waals surface area contributed by atoms with Crippen molar-refractivity contribution in [1.29, 1.82) is 0 Å². The molecule has 1 aliphatic heterocycles. The highest BCUT2D eigenvalue weighted by atomic mass is 16.4. The van der Waals surface area contributed by atoms with Crippen LogP contribution < -0.4 is 10.6 Å². The Labute approximate surface area is 260 Å². The molecule has 11 nitrogen and oxygen atoms in total. The van der Waals surface area contributed by atoms with E-state index in [0.717, 1.165) is 51.4 Å². The van der Waals surface area contributed by atoms with Gasteiger partial charge in [-0.15, -0.1) is 0 Å². The van der Waals surface area contributed by atoms with Gasteiger partial charge in [-0.1, -0.05) is 59.8 Å². The number of carboxylic acids is 1. The van der Waals surface area contributed by atoms with Gasteiger partial charge in [-0.05, 0) is 55.3 Å². The molecule has 2 aliphatic carbocycles. The summed E-state index contributed by atoms with van der Waals surface area (Å²) < 4.78 is 0. The predicted molar refractivity (Wildman–Crippen MR) is 163 cm³/mol. The Morgan fingerprint density at radius 2 is 1.73 bits per heavy atom. The number of hydrogen-bond donors (Lipinski definition) is 3. The SMILES string of the molecule is CCC[C@H](NC(=O)[C@@H]1[C@H]2CCC[C@H]2CN1C(=O)[C@@H](NC(=O)[C@@H](CC(=O)c1cnccn1)C1CCCCC1)C(C)(C)C)C(=O)O. The van der Waals surface area contributed by atoms with E-state index >= 15 is 0 Å². The summed E-state index contributed by atoms with van der Waals surface area (Å²) in [6.45, 7) is 7.89. The molecule has 0 unspecified atom stereocenters. The highest BCUT2D eigenvalue weighted by Gasteiger charge is 2.52. The van der Waals surface area contributed by atoms with Gasteiger partial charge in [-0.3, -0.25) is 24.2 Å². The summed E-state index contributed by atoms with van der Waals surface area (Å²) in [5, 5.41) is 15.4. The number of likely N-dealkylation sites (tertiary alicyclic amines) is 1. The van der Waals surface area contributed by atoms with Crippen LogP contribution in [0.1, 0.15) is 109 Å². The Hall–Kier alpha value is -3.37. The minimum Gasteiger partial charge on any atom is -0.480 e. The fourth-order valence-corrected chi connectivity index (χ4v) is 7.49. The first-order valence-corrected chi connectivity index (χ1v) is 16.4. The molecular weight excluding hydrogens is 562 g/mol. The van der Waals surface area contributed by atoms with Crippen LogP contribution in [0, 0.1) is 29.1 Å². The van der Waals surface area contributed by atoms with E-state index in [0.29, 0.717) is 19.4 Å². The topological polar surface area (TPSA) is 159 Å². The summed E-state index contributed by atoms with van der Waals surface area (Å²) in [6.07, 6.45) is 12.6. The van der Waals surface area contributed by atoms with E-state index in [4.69, 9.17) is 0 Å². The molecule has 11 heteroatoms. The van der Waals surface area contributed by atoms with Crippen LogP contribution >= 0.6 is 0 Å². The van der Waals surface area contributed by atoms with Crippen molar-refractivity contribution in [3.05, 3.63) is 24.3 Å². The Bertz CT molecular complexity index is 1190. The summed E-state index contributed by atoms with van der Waals surface area (Å²) in [6, 6.07) is -2.75. The third-order valence-electron chi connectivity index (χ3n) is 9.84. The second kappa shape index (κ2) is 14.6. The number of aliphatic carboxylic acids is 1. The molecule has 1 aromatic heterocycles. The summed E-state index contributed by atoms with van der Waals surface area (Å²) >= 11 is 0. The highest BCUT2D eigenvalue weighted by Crippen LogP contribution is 2.43. The molecule has 0 bridgehead atoms. The zero-order valence-electron chi connectivity index (χ0n) is 26.6. The zero-order valence-corrected chi connectivity index (χ0v) is 26.6. The number of fused-ring (bicyclic) bond motifs is 1. The number of Topliss-reactive ketones (excluding diaryl/α,β-unsaturated/α-hetero) is 1. The maximum absolute atomic E-state index is 14.4. The third kappa shape index (κ3) is 7.82. The summed E-state index contributed by atoms with van der Waals surface area (Å²) in [5.74, 6) is -2.98. The smallest absolute Gasteiger partial charge is 0.326 e.